The lowest BCUT2D eigenvalue weighted by molar-refractivity contribution is 0.105. The van der Waals surface area contributed by atoms with E-state index in [2.05, 4.69) is 46.0 Å². The lowest BCUT2D eigenvalue weighted by Crippen LogP contribution is -2.35. The summed E-state index contributed by atoms with van der Waals surface area (Å²) < 4.78 is 13.7. The summed E-state index contributed by atoms with van der Waals surface area (Å²) in [6, 6.07) is 0.963. The normalized spacial score (nSPS) is 15.7. The average Bonchev–Trinajstić information content (AvgIpc) is 2.25. The molecule has 0 bridgehead atoms. The van der Waals surface area contributed by atoms with E-state index < -0.39 is 8.30 Å². The van der Waals surface area contributed by atoms with E-state index in [-0.39, 0.29) is 6.04 Å². The molecule has 0 aromatic heterocycles. The van der Waals surface area contributed by atoms with Crippen molar-refractivity contribution in [2.45, 2.75) is 59.2 Å². The Bertz CT molecular complexity index is 195. The Labute approximate surface area is 114 Å². The predicted molar refractivity (Wildman–Crippen MR) is 80.0 cm³/mol. The molecule has 0 fully saturated rings. The molecular formula is C13H31N2O2P. The number of nitrogens with two attached hydrogens (primary N) is 1. The summed E-state index contributed by atoms with van der Waals surface area (Å²) in [6.07, 6.45) is 1.03. The summed E-state index contributed by atoms with van der Waals surface area (Å²) in [5.74, 6) is 0. The van der Waals surface area contributed by atoms with Crippen LogP contribution in [0.3, 0.4) is 0 Å². The summed E-state index contributed by atoms with van der Waals surface area (Å²) in [4.78, 5) is 0. The number of hydrogen-bond acceptors (Lipinski definition) is 4. The molecule has 0 aromatic rings. The molecule has 2 unspecified atom stereocenters. The summed E-state index contributed by atoms with van der Waals surface area (Å²) in [7, 11) is -0.576. The SMILES string of the molecule is CCCOCC(N)COP(C)N(C(C)C)C(C)C. The van der Waals surface area contributed by atoms with Gasteiger partial charge >= 0.3 is 0 Å². The van der Waals surface area contributed by atoms with Crippen LogP contribution in [0.1, 0.15) is 41.0 Å². The molecule has 4 nitrogen and oxygen atoms in total. The molecule has 0 aliphatic heterocycles. The maximum atomic E-state index is 5.96. The largest absolute Gasteiger partial charge is 0.380 e. The third-order valence-corrected chi connectivity index (χ3v) is 4.64. The first-order valence-corrected chi connectivity index (χ1v) is 8.54. The van der Waals surface area contributed by atoms with E-state index in [1.165, 1.54) is 0 Å². The van der Waals surface area contributed by atoms with Crippen molar-refractivity contribution in [2.24, 2.45) is 5.73 Å². The van der Waals surface area contributed by atoms with Crippen molar-refractivity contribution < 1.29 is 9.26 Å². The van der Waals surface area contributed by atoms with Crippen LogP contribution in [0.4, 0.5) is 0 Å². The van der Waals surface area contributed by atoms with Crippen molar-refractivity contribution >= 4 is 8.30 Å². The molecule has 0 radical (unpaired) electrons. The molecule has 2 atom stereocenters. The van der Waals surface area contributed by atoms with Gasteiger partial charge in [0.25, 0.3) is 0 Å². The van der Waals surface area contributed by atoms with E-state index in [0.717, 1.165) is 13.0 Å². The number of nitrogens with zero attached hydrogens (tertiary/aromatic N) is 1. The van der Waals surface area contributed by atoms with Crippen LogP contribution in [0.15, 0.2) is 0 Å². The van der Waals surface area contributed by atoms with Crippen LogP contribution in [-0.2, 0) is 9.26 Å². The molecule has 0 aliphatic carbocycles. The Hall–Kier alpha value is 0.270. The van der Waals surface area contributed by atoms with Gasteiger partial charge in [0, 0.05) is 18.7 Å². The van der Waals surface area contributed by atoms with Crippen molar-refractivity contribution in [3.63, 3.8) is 0 Å². The van der Waals surface area contributed by atoms with Crippen LogP contribution in [0.5, 0.6) is 0 Å². The highest BCUT2D eigenvalue weighted by Crippen LogP contribution is 2.40. The molecule has 2 N–H and O–H groups in total. The van der Waals surface area contributed by atoms with Crippen molar-refractivity contribution in [1.29, 1.82) is 0 Å². The molecule has 0 amide bonds. The summed E-state index contributed by atoms with van der Waals surface area (Å²) in [5.41, 5.74) is 5.96. The smallest absolute Gasteiger partial charge is 0.101 e. The van der Waals surface area contributed by atoms with Gasteiger partial charge in [-0.25, -0.2) is 0 Å². The van der Waals surface area contributed by atoms with Gasteiger partial charge in [0.15, 0.2) is 0 Å². The first-order valence-electron chi connectivity index (χ1n) is 6.88. The Kier molecular flexibility index (Phi) is 10.3. The van der Waals surface area contributed by atoms with Gasteiger partial charge in [-0.05, 0) is 40.8 Å². The fraction of sp³-hybridized carbons (Fsp3) is 1.00. The highest BCUT2D eigenvalue weighted by Gasteiger charge is 2.21. The first-order chi connectivity index (χ1) is 8.40. The lowest BCUT2D eigenvalue weighted by atomic mass is 10.3. The monoisotopic (exact) mass is 278 g/mol. The van der Waals surface area contributed by atoms with E-state index in [1.807, 2.05) is 0 Å². The standard InChI is InChI=1S/C13H31N2O2P/c1-7-8-16-9-13(14)10-17-18(6)15(11(2)3)12(4)5/h11-13H,7-10,14H2,1-6H3. The van der Waals surface area contributed by atoms with Gasteiger partial charge in [-0.3, -0.25) is 4.67 Å². The lowest BCUT2D eigenvalue weighted by Gasteiger charge is -2.35. The fourth-order valence-electron chi connectivity index (χ4n) is 1.94. The third-order valence-electron chi connectivity index (χ3n) is 2.54. The Morgan fingerprint density at radius 2 is 1.67 bits per heavy atom. The minimum atomic E-state index is -0.576. The van der Waals surface area contributed by atoms with E-state index in [4.69, 9.17) is 15.0 Å². The minimum absolute atomic E-state index is 0.0253. The van der Waals surface area contributed by atoms with E-state index in [1.54, 1.807) is 0 Å². The van der Waals surface area contributed by atoms with Crippen LogP contribution in [0.2, 0.25) is 0 Å². The van der Waals surface area contributed by atoms with Crippen molar-refractivity contribution in [1.82, 2.24) is 4.67 Å². The molecule has 0 aromatic carbocycles. The molecule has 0 rings (SSSR count). The van der Waals surface area contributed by atoms with Gasteiger partial charge < -0.3 is 15.0 Å². The second-order valence-corrected chi connectivity index (χ2v) is 6.81. The van der Waals surface area contributed by atoms with Gasteiger partial charge in [0.1, 0.15) is 8.30 Å². The maximum Gasteiger partial charge on any atom is 0.101 e. The van der Waals surface area contributed by atoms with Gasteiger partial charge in [-0.2, -0.15) is 0 Å². The highest BCUT2D eigenvalue weighted by atomic mass is 31.2. The molecule has 0 saturated carbocycles. The van der Waals surface area contributed by atoms with Crippen LogP contribution < -0.4 is 5.73 Å². The Balaban J connectivity index is 3.95. The maximum absolute atomic E-state index is 5.96. The summed E-state index contributed by atoms with van der Waals surface area (Å²) in [6.45, 7) is 15.0. The molecule has 110 valence electrons. The molecule has 0 heterocycles. The van der Waals surface area contributed by atoms with Crippen LogP contribution >= 0.6 is 8.30 Å². The third kappa shape index (κ3) is 7.65. The van der Waals surface area contributed by atoms with Gasteiger partial charge in [0.05, 0.1) is 19.3 Å². The zero-order valence-electron chi connectivity index (χ0n) is 12.8. The molecule has 18 heavy (non-hydrogen) atoms. The summed E-state index contributed by atoms with van der Waals surface area (Å²) >= 11 is 0. The van der Waals surface area contributed by atoms with Crippen LogP contribution in [0, 0.1) is 0 Å². The van der Waals surface area contributed by atoms with Crippen LogP contribution in [0.25, 0.3) is 0 Å². The molecule has 0 aliphatic rings. The highest BCUT2D eigenvalue weighted by molar-refractivity contribution is 7.49. The number of rotatable bonds is 10. The zero-order chi connectivity index (χ0) is 14.1. The van der Waals surface area contributed by atoms with Crippen molar-refractivity contribution in [2.75, 3.05) is 26.5 Å². The minimum Gasteiger partial charge on any atom is -0.380 e. The second-order valence-electron chi connectivity index (χ2n) is 5.16. The van der Waals surface area contributed by atoms with Gasteiger partial charge in [-0.15, -0.1) is 0 Å². The van der Waals surface area contributed by atoms with E-state index >= 15 is 0 Å². The molecular weight excluding hydrogens is 247 g/mol. The first kappa shape index (κ1) is 18.3. The molecule has 0 saturated heterocycles. The number of ether oxygens (including phenoxy) is 1. The average molecular weight is 278 g/mol. The van der Waals surface area contributed by atoms with Crippen molar-refractivity contribution in [3.8, 4) is 0 Å². The molecule has 0 spiro atoms. The summed E-state index contributed by atoms with van der Waals surface area (Å²) in [5, 5.41) is 0. The quantitative estimate of drug-likeness (QED) is 0.493. The predicted octanol–water partition coefficient (Wildman–Crippen LogP) is 2.82. The fourth-order valence-corrected chi connectivity index (χ4v) is 3.79. The second kappa shape index (κ2) is 10.1. The number of hydrogen-bond donors (Lipinski definition) is 1. The topological polar surface area (TPSA) is 47.7 Å². The molecule has 5 heteroatoms. The Morgan fingerprint density at radius 3 is 2.11 bits per heavy atom. The zero-order valence-corrected chi connectivity index (χ0v) is 13.7. The van der Waals surface area contributed by atoms with Gasteiger partial charge in [-0.1, -0.05) is 6.92 Å². The van der Waals surface area contributed by atoms with E-state index in [0.29, 0.717) is 25.3 Å². The Morgan fingerprint density at radius 1 is 1.11 bits per heavy atom. The van der Waals surface area contributed by atoms with Crippen molar-refractivity contribution in [3.05, 3.63) is 0 Å². The van der Waals surface area contributed by atoms with E-state index in [9.17, 15) is 0 Å². The van der Waals surface area contributed by atoms with Gasteiger partial charge in [0.2, 0.25) is 0 Å². The van der Waals surface area contributed by atoms with Crippen LogP contribution in [-0.4, -0.2) is 49.3 Å².